The summed E-state index contributed by atoms with van der Waals surface area (Å²) in [6, 6.07) is 0.776. The van der Waals surface area contributed by atoms with E-state index in [1.807, 2.05) is 0 Å². The average Bonchev–Trinajstić information content (AvgIpc) is 2.31. The van der Waals surface area contributed by atoms with Crippen LogP contribution in [0.25, 0.3) is 0 Å². The highest BCUT2D eigenvalue weighted by Crippen LogP contribution is 2.29. The van der Waals surface area contributed by atoms with Crippen molar-refractivity contribution < 1.29 is 4.79 Å². The van der Waals surface area contributed by atoms with E-state index in [1.165, 1.54) is 25.7 Å². The Morgan fingerprint density at radius 3 is 2.56 bits per heavy atom. The first-order valence-corrected chi connectivity index (χ1v) is 6.97. The second kappa shape index (κ2) is 5.31. The number of rotatable bonds is 2. The van der Waals surface area contributed by atoms with Crippen molar-refractivity contribution in [1.82, 2.24) is 4.90 Å². The highest BCUT2D eigenvalue weighted by atomic mass is 16.1. The van der Waals surface area contributed by atoms with Crippen molar-refractivity contribution in [3.63, 3.8) is 0 Å². The summed E-state index contributed by atoms with van der Waals surface area (Å²) >= 11 is 0. The Bertz CT molecular complexity index is 243. The van der Waals surface area contributed by atoms with Crippen LogP contribution in [0.5, 0.6) is 0 Å². The predicted octanol–water partition coefficient (Wildman–Crippen LogP) is 2.87. The highest BCUT2D eigenvalue weighted by Gasteiger charge is 2.31. The lowest BCUT2D eigenvalue weighted by Crippen LogP contribution is -2.47. The molecule has 0 amide bonds. The van der Waals surface area contributed by atoms with Crippen LogP contribution < -0.4 is 0 Å². The smallest absolute Gasteiger partial charge is 0.138 e. The van der Waals surface area contributed by atoms with E-state index in [2.05, 4.69) is 18.7 Å². The van der Waals surface area contributed by atoms with Crippen LogP contribution >= 0.6 is 0 Å². The standard InChI is InChI=1S/C14H25NO/c1-3-12-10-15(9-8-14(12)16)13-6-4-11(2)5-7-13/h11-13H,3-10H2,1-2H3. The Kier molecular flexibility index (Phi) is 4.01. The van der Waals surface area contributed by atoms with Crippen molar-refractivity contribution in [1.29, 1.82) is 0 Å². The molecule has 1 saturated carbocycles. The lowest BCUT2D eigenvalue weighted by molar-refractivity contribution is -0.127. The van der Waals surface area contributed by atoms with E-state index < -0.39 is 0 Å². The normalized spacial score (nSPS) is 37.6. The Balaban J connectivity index is 1.88. The number of likely N-dealkylation sites (tertiary alicyclic amines) is 1. The van der Waals surface area contributed by atoms with Gasteiger partial charge in [0.15, 0.2) is 0 Å². The number of carbonyl (C=O) groups is 1. The number of piperidine rings is 1. The van der Waals surface area contributed by atoms with Gasteiger partial charge < -0.3 is 0 Å². The molecule has 0 spiro atoms. The van der Waals surface area contributed by atoms with Crippen LogP contribution in [0.1, 0.15) is 52.4 Å². The van der Waals surface area contributed by atoms with E-state index in [1.54, 1.807) is 0 Å². The zero-order valence-electron chi connectivity index (χ0n) is 10.7. The Morgan fingerprint density at radius 1 is 1.25 bits per heavy atom. The van der Waals surface area contributed by atoms with Crippen LogP contribution in [0.3, 0.4) is 0 Å². The van der Waals surface area contributed by atoms with Crippen LogP contribution in [-0.2, 0) is 4.79 Å². The van der Waals surface area contributed by atoms with Gasteiger partial charge in [-0.15, -0.1) is 0 Å². The zero-order chi connectivity index (χ0) is 11.5. The molecule has 1 saturated heterocycles. The van der Waals surface area contributed by atoms with Crippen molar-refractivity contribution in [2.75, 3.05) is 13.1 Å². The molecule has 16 heavy (non-hydrogen) atoms. The molecule has 2 rings (SSSR count). The van der Waals surface area contributed by atoms with Gasteiger partial charge in [-0.2, -0.15) is 0 Å². The molecule has 1 aliphatic carbocycles. The second-order valence-corrected chi connectivity index (χ2v) is 5.73. The van der Waals surface area contributed by atoms with Crippen LogP contribution in [-0.4, -0.2) is 29.8 Å². The van der Waals surface area contributed by atoms with Crippen LogP contribution in [0, 0.1) is 11.8 Å². The molecule has 0 N–H and O–H groups in total. The van der Waals surface area contributed by atoms with Gasteiger partial charge in [0.05, 0.1) is 0 Å². The van der Waals surface area contributed by atoms with Crippen molar-refractivity contribution in [3.05, 3.63) is 0 Å². The summed E-state index contributed by atoms with van der Waals surface area (Å²) < 4.78 is 0. The van der Waals surface area contributed by atoms with E-state index in [9.17, 15) is 4.79 Å². The minimum atomic E-state index is 0.327. The molecule has 92 valence electrons. The molecule has 0 aromatic rings. The van der Waals surface area contributed by atoms with Crippen LogP contribution in [0.15, 0.2) is 0 Å². The van der Waals surface area contributed by atoms with Gasteiger partial charge in [0.25, 0.3) is 0 Å². The molecule has 1 heterocycles. The SMILES string of the molecule is CCC1CN(C2CCC(C)CC2)CCC1=O. The Hall–Kier alpha value is -0.370. The Labute approximate surface area is 99.4 Å². The van der Waals surface area contributed by atoms with Crippen molar-refractivity contribution >= 4 is 5.78 Å². The number of nitrogens with zero attached hydrogens (tertiary/aromatic N) is 1. The van der Waals surface area contributed by atoms with Crippen LogP contribution in [0.4, 0.5) is 0 Å². The fourth-order valence-electron chi connectivity index (χ4n) is 3.23. The molecule has 1 unspecified atom stereocenters. The molecule has 1 aliphatic heterocycles. The van der Waals surface area contributed by atoms with E-state index >= 15 is 0 Å². The Morgan fingerprint density at radius 2 is 1.94 bits per heavy atom. The first-order valence-electron chi connectivity index (χ1n) is 6.97. The largest absolute Gasteiger partial charge is 0.299 e. The second-order valence-electron chi connectivity index (χ2n) is 5.73. The quantitative estimate of drug-likeness (QED) is 0.717. The van der Waals surface area contributed by atoms with E-state index in [0.29, 0.717) is 11.7 Å². The van der Waals surface area contributed by atoms with Gasteiger partial charge in [-0.25, -0.2) is 0 Å². The van der Waals surface area contributed by atoms with Crippen molar-refractivity contribution in [2.24, 2.45) is 11.8 Å². The molecule has 0 aromatic carbocycles. The first kappa shape index (κ1) is 12.1. The molecule has 2 heteroatoms. The maximum absolute atomic E-state index is 11.7. The molecule has 0 aromatic heterocycles. The van der Waals surface area contributed by atoms with Gasteiger partial charge in [-0.3, -0.25) is 9.69 Å². The van der Waals surface area contributed by atoms with E-state index in [-0.39, 0.29) is 0 Å². The fourth-order valence-corrected chi connectivity index (χ4v) is 3.23. The molecule has 1 atom stereocenters. The number of ketones is 1. The number of Topliss-reactive ketones (excluding diaryl/α,β-unsaturated/α-hetero) is 1. The summed E-state index contributed by atoms with van der Waals surface area (Å²) in [6.07, 6.45) is 7.29. The molecule has 2 aliphatic rings. The minimum Gasteiger partial charge on any atom is -0.299 e. The topological polar surface area (TPSA) is 20.3 Å². The molecule has 2 nitrogen and oxygen atoms in total. The summed E-state index contributed by atoms with van der Waals surface area (Å²) in [5.74, 6) is 1.75. The zero-order valence-corrected chi connectivity index (χ0v) is 10.7. The molecular formula is C14H25NO. The van der Waals surface area contributed by atoms with E-state index in [4.69, 9.17) is 0 Å². The molecule has 2 fully saturated rings. The van der Waals surface area contributed by atoms with Gasteiger partial charge >= 0.3 is 0 Å². The third-order valence-corrected chi connectivity index (χ3v) is 4.55. The predicted molar refractivity (Wildman–Crippen MR) is 66.4 cm³/mol. The summed E-state index contributed by atoms with van der Waals surface area (Å²) in [5, 5.41) is 0. The van der Waals surface area contributed by atoms with Crippen molar-refractivity contribution in [3.8, 4) is 0 Å². The van der Waals surface area contributed by atoms with Gasteiger partial charge in [-0.1, -0.05) is 13.8 Å². The summed E-state index contributed by atoms with van der Waals surface area (Å²) in [6.45, 7) is 6.57. The highest BCUT2D eigenvalue weighted by molar-refractivity contribution is 5.82. The molecule has 0 radical (unpaired) electrons. The molecular weight excluding hydrogens is 198 g/mol. The third-order valence-electron chi connectivity index (χ3n) is 4.55. The monoisotopic (exact) mass is 223 g/mol. The maximum Gasteiger partial charge on any atom is 0.138 e. The van der Waals surface area contributed by atoms with Crippen molar-refractivity contribution in [2.45, 2.75) is 58.4 Å². The maximum atomic E-state index is 11.7. The van der Waals surface area contributed by atoms with Gasteiger partial charge in [0.2, 0.25) is 0 Å². The summed E-state index contributed by atoms with van der Waals surface area (Å²) in [7, 11) is 0. The number of hydrogen-bond donors (Lipinski definition) is 0. The molecule has 0 bridgehead atoms. The summed E-state index contributed by atoms with van der Waals surface area (Å²) in [4.78, 5) is 14.3. The van der Waals surface area contributed by atoms with Gasteiger partial charge in [0.1, 0.15) is 5.78 Å². The van der Waals surface area contributed by atoms with Gasteiger partial charge in [0, 0.05) is 31.5 Å². The lowest BCUT2D eigenvalue weighted by Gasteiger charge is -2.40. The van der Waals surface area contributed by atoms with Gasteiger partial charge in [-0.05, 0) is 38.0 Å². The minimum absolute atomic E-state index is 0.327. The third kappa shape index (κ3) is 2.65. The summed E-state index contributed by atoms with van der Waals surface area (Å²) in [5.41, 5.74) is 0. The average molecular weight is 223 g/mol. The first-order chi connectivity index (χ1) is 7.70. The van der Waals surface area contributed by atoms with E-state index in [0.717, 1.165) is 37.9 Å². The number of hydrogen-bond acceptors (Lipinski definition) is 2. The van der Waals surface area contributed by atoms with Crippen LogP contribution in [0.2, 0.25) is 0 Å². The number of carbonyl (C=O) groups excluding carboxylic acids is 1. The fraction of sp³-hybridized carbons (Fsp3) is 0.929. The lowest BCUT2D eigenvalue weighted by atomic mass is 9.84.